The number of hydrogen-bond acceptors (Lipinski definition) is 5. The van der Waals surface area contributed by atoms with E-state index in [-0.39, 0.29) is 35.9 Å². The average Bonchev–Trinajstić information content (AvgIpc) is 3.51. The largest absolute Gasteiger partial charge is 0.451 e. The Hall–Kier alpha value is -4.36. The Balaban J connectivity index is 0.00000320. The number of carbonyl (C=O) groups is 1. The molecule has 0 radical (unpaired) electrons. The first-order chi connectivity index (χ1) is 17.4. The zero-order chi connectivity index (χ0) is 25.4. The zero-order valence-electron chi connectivity index (χ0n) is 19.6. The van der Waals surface area contributed by atoms with Crippen LogP contribution in [0, 0.1) is 23.5 Å². The van der Waals surface area contributed by atoms with E-state index in [9.17, 15) is 18.4 Å². The lowest BCUT2D eigenvalue weighted by atomic mass is 10.1. The number of anilines is 1. The Morgan fingerprint density at radius 2 is 1.89 bits per heavy atom. The Morgan fingerprint density at radius 3 is 2.57 bits per heavy atom. The van der Waals surface area contributed by atoms with Gasteiger partial charge in [-0.05, 0) is 49.1 Å². The summed E-state index contributed by atoms with van der Waals surface area (Å²) in [5.41, 5.74) is 7.47. The molecule has 0 spiro atoms. The van der Waals surface area contributed by atoms with Crippen LogP contribution >= 0.6 is 12.4 Å². The van der Waals surface area contributed by atoms with E-state index in [0.717, 1.165) is 12.1 Å². The van der Waals surface area contributed by atoms with Gasteiger partial charge in [0, 0.05) is 24.8 Å². The molecule has 3 N–H and O–H groups in total. The summed E-state index contributed by atoms with van der Waals surface area (Å²) in [6.07, 6.45) is 2.46. The third-order valence-corrected chi connectivity index (χ3v) is 6.16. The predicted octanol–water partition coefficient (Wildman–Crippen LogP) is 4.26. The first-order valence-corrected chi connectivity index (χ1v) is 11.2. The van der Waals surface area contributed by atoms with Crippen LogP contribution in [-0.4, -0.2) is 38.7 Å². The van der Waals surface area contributed by atoms with Crippen molar-refractivity contribution < 1.29 is 18.3 Å². The number of fused-ring (bicyclic) bond motifs is 1. The van der Waals surface area contributed by atoms with Gasteiger partial charge in [0.05, 0.1) is 11.4 Å². The Morgan fingerprint density at radius 1 is 1.19 bits per heavy atom. The average molecular weight is 526 g/mol. The summed E-state index contributed by atoms with van der Waals surface area (Å²) in [6.45, 7) is 2.53. The van der Waals surface area contributed by atoms with Crippen molar-refractivity contribution >= 4 is 35.0 Å². The highest BCUT2D eigenvalue weighted by atomic mass is 35.5. The summed E-state index contributed by atoms with van der Waals surface area (Å²) < 4.78 is 35.1. The molecule has 1 aliphatic rings. The Kier molecular flexibility index (Phi) is 7.18. The van der Waals surface area contributed by atoms with Crippen LogP contribution in [0.25, 0.3) is 22.0 Å². The molecule has 3 heterocycles. The number of nitrogens with two attached hydrogens (primary N) is 1. The smallest absolute Gasteiger partial charge is 0.298 e. The SMILES string of the molecule is CC#CC(=O)N1CC[C@@H](n2cc(-c3ccc(Oc4c(F)cccc4F)cc3)c3c(N)n[nH]c(=O)c32)C1.Cl. The normalized spacial score (nSPS) is 14.7. The van der Waals surface area contributed by atoms with Crippen LogP contribution in [0.5, 0.6) is 11.5 Å². The fraction of sp³-hybridized carbons (Fsp3) is 0.192. The minimum absolute atomic E-state index is 0. The van der Waals surface area contributed by atoms with Crippen LogP contribution in [0.3, 0.4) is 0 Å². The summed E-state index contributed by atoms with van der Waals surface area (Å²) in [4.78, 5) is 26.7. The summed E-state index contributed by atoms with van der Waals surface area (Å²) in [7, 11) is 0. The van der Waals surface area contributed by atoms with E-state index in [1.807, 2.05) is 10.8 Å². The van der Waals surface area contributed by atoms with Gasteiger partial charge in [0.1, 0.15) is 11.3 Å². The number of carbonyl (C=O) groups excluding carboxylic acids is 1. The minimum Gasteiger partial charge on any atom is -0.451 e. The number of likely N-dealkylation sites (tertiary alicyclic amines) is 1. The van der Waals surface area contributed by atoms with Crippen molar-refractivity contribution in [3.8, 4) is 34.5 Å². The van der Waals surface area contributed by atoms with E-state index in [1.54, 1.807) is 36.1 Å². The second-order valence-corrected chi connectivity index (χ2v) is 8.36. The number of benzene rings is 2. The lowest BCUT2D eigenvalue weighted by Crippen LogP contribution is -2.28. The zero-order valence-corrected chi connectivity index (χ0v) is 20.4. The van der Waals surface area contributed by atoms with Gasteiger partial charge in [-0.15, -0.1) is 12.4 Å². The summed E-state index contributed by atoms with van der Waals surface area (Å²) >= 11 is 0. The molecule has 8 nitrogen and oxygen atoms in total. The number of nitrogens with zero attached hydrogens (tertiary/aromatic N) is 3. The highest BCUT2D eigenvalue weighted by molar-refractivity contribution is 6.02. The molecule has 1 saturated heterocycles. The van der Waals surface area contributed by atoms with E-state index >= 15 is 0 Å². The molecule has 2 aromatic heterocycles. The maximum Gasteiger partial charge on any atom is 0.298 e. The van der Waals surface area contributed by atoms with E-state index < -0.39 is 22.9 Å². The number of amides is 1. The molecule has 1 atom stereocenters. The van der Waals surface area contributed by atoms with Crippen molar-refractivity contribution in [3.63, 3.8) is 0 Å². The maximum absolute atomic E-state index is 14.0. The van der Waals surface area contributed by atoms with Crippen LogP contribution < -0.4 is 16.0 Å². The van der Waals surface area contributed by atoms with Crippen molar-refractivity contribution in [2.75, 3.05) is 18.8 Å². The molecular formula is C26H22ClF2N5O3. The van der Waals surface area contributed by atoms with Crippen LogP contribution in [0.2, 0.25) is 0 Å². The number of nitrogen functional groups attached to an aromatic ring is 1. The lowest BCUT2D eigenvalue weighted by Gasteiger charge is -2.15. The number of nitrogens with one attached hydrogen (secondary N) is 1. The standard InChI is InChI=1S/C26H21F2N5O3.ClH/c1-2-4-21(34)32-12-11-16(13-32)33-14-18(22-23(33)26(35)31-30-25(22)29)15-7-9-17(10-8-15)36-24-19(27)5-3-6-20(24)28;/h3,5-10,14,16H,11-13H2,1H3,(H2,29,30)(H,31,35);1H/t16-;/m1./s1. The number of ether oxygens (including phenoxy) is 1. The molecule has 0 unspecified atom stereocenters. The number of rotatable bonds is 4. The van der Waals surface area contributed by atoms with Crippen LogP contribution in [0.4, 0.5) is 14.6 Å². The molecule has 0 aliphatic carbocycles. The molecule has 0 bridgehead atoms. The molecule has 4 aromatic rings. The topological polar surface area (TPSA) is 106 Å². The van der Waals surface area contributed by atoms with E-state index in [1.165, 1.54) is 6.07 Å². The van der Waals surface area contributed by atoms with Gasteiger partial charge < -0.3 is 19.9 Å². The van der Waals surface area contributed by atoms with Gasteiger partial charge in [0.25, 0.3) is 11.5 Å². The first kappa shape index (κ1) is 25.7. The summed E-state index contributed by atoms with van der Waals surface area (Å²) in [5, 5.41) is 6.83. The molecular weight excluding hydrogens is 504 g/mol. The molecule has 0 saturated carbocycles. The van der Waals surface area contributed by atoms with E-state index in [4.69, 9.17) is 10.5 Å². The Bertz CT molecular complexity index is 1580. The highest BCUT2D eigenvalue weighted by Gasteiger charge is 2.29. The quantitative estimate of drug-likeness (QED) is 0.387. The third-order valence-electron chi connectivity index (χ3n) is 6.16. The van der Waals surface area contributed by atoms with Crippen molar-refractivity contribution in [1.82, 2.24) is 19.7 Å². The van der Waals surface area contributed by atoms with Gasteiger partial charge in [-0.2, -0.15) is 5.10 Å². The van der Waals surface area contributed by atoms with Crippen molar-refractivity contribution in [1.29, 1.82) is 0 Å². The molecule has 37 heavy (non-hydrogen) atoms. The second-order valence-electron chi connectivity index (χ2n) is 8.36. The summed E-state index contributed by atoms with van der Waals surface area (Å²) in [5.74, 6) is 3.18. The highest BCUT2D eigenvalue weighted by Crippen LogP contribution is 2.37. The van der Waals surface area contributed by atoms with Gasteiger partial charge >= 0.3 is 0 Å². The monoisotopic (exact) mass is 525 g/mol. The third kappa shape index (κ3) is 4.73. The predicted molar refractivity (Wildman–Crippen MR) is 138 cm³/mol. The van der Waals surface area contributed by atoms with Crippen LogP contribution in [-0.2, 0) is 4.79 Å². The molecule has 1 amide bonds. The Labute approximate surface area is 216 Å². The van der Waals surface area contributed by atoms with E-state index in [0.29, 0.717) is 41.5 Å². The summed E-state index contributed by atoms with van der Waals surface area (Å²) in [6, 6.07) is 9.88. The van der Waals surface area contributed by atoms with Crippen molar-refractivity contribution in [2.45, 2.75) is 19.4 Å². The number of aromatic amines is 1. The number of H-pyrrole nitrogens is 1. The minimum atomic E-state index is -0.811. The fourth-order valence-electron chi connectivity index (χ4n) is 4.48. The molecule has 2 aromatic carbocycles. The van der Waals surface area contributed by atoms with Gasteiger partial charge in [-0.3, -0.25) is 9.59 Å². The molecule has 190 valence electrons. The number of aromatic nitrogens is 3. The molecule has 1 aliphatic heterocycles. The fourth-order valence-corrected chi connectivity index (χ4v) is 4.48. The number of hydrogen-bond donors (Lipinski definition) is 2. The second kappa shape index (κ2) is 10.3. The van der Waals surface area contributed by atoms with Gasteiger partial charge in [0.2, 0.25) is 0 Å². The van der Waals surface area contributed by atoms with Gasteiger partial charge in [0.15, 0.2) is 23.2 Å². The molecule has 1 fully saturated rings. The molecule has 11 heteroatoms. The number of halogens is 3. The lowest BCUT2D eigenvalue weighted by molar-refractivity contribution is -0.124. The van der Waals surface area contributed by atoms with Gasteiger partial charge in [-0.25, -0.2) is 13.9 Å². The number of para-hydroxylation sites is 1. The van der Waals surface area contributed by atoms with Crippen LogP contribution in [0.15, 0.2) is 53.5 Å². The van der Waals surface area contributed by atoms with Crippen LogP contribution in [0.1, 0.15) is 19.4 Å². The van der Waals surface area contributed by atoms with Gasteiger partial charge in [-0.1, -0.05) is 24.1 Å². The van der Waals surface area contributed by atoms with Crippen molar-refractivity contribution in [3.05, 3.63) is 70.6 Å². The maximum atomic E-state index is 14.0. The van der Waals surface area contributed by atoms with E-state index in [2.05, 4.69) is 22.0 Å². The van der Waals surface area contributed by atoms with Crippen molar-refractivity contribution in [2.24, 2.45) is 0 Å². The molecule has 5 rings (SSSR count). The first-order valence-electron chi connectivity index (χ1n) is 11.2.